The monoisotopic (exact) mass is 239 g/mol. The summed E-state index contributed by atoms with van der Waals surface area (Å²) in [4.78, 5) is 35.1. The number of imide groups is 1. The molecule has 0 saturated carbocycles. The zero-order valence-electron chi connectivity index (χ0n) is 7.97. The summed E-state index contributed by atoms with van der Waals surface area (Å²) in [7, 11) is 0. The van der Waals surface area contributed by atoms with Gasteiger partial charge in [-0.25, -0.2) is 4.79 Å². The quantitative estimate of drug-likeness (QED) is 0.722. The molecule has 0 aromatic heterocycles. The molecule has 1 aliphatic rings. The molecule has 0 N–H and O–H groups in total. The van der Waals surface area contributed by atoms with Crippen LogP contribution in [0, 0.1) is 0 Å². The standard InChI is InChI=1S/C10H6ClNO4/c11-16-8(13)5-12-9(14)6-3-1-2-4-7(6)10(12)15/h1-4H,5H2. The smallest absolute Gasteiger partial charge is 0.344 e. The summed E-state index contributed by atoms with van der Waals surface area (Å²) >= 11 is 4.84. The van der Waals surface area contributed by atoms with Gasteiger partial charge in [0, 0.05) is 0 Å². The third kappa shape index (κ3) is 1.55. The summed E-state index contributed by atoms with van der Waals surface area (Å²) in [5.41, 5.74) is 0.574. The van der Waals surface area contributed by atoms with Crippen molar-refractivity contribution >= 4 is 29.6 Å². The molecule has 0 bridgehead atoms. The molecule has 1 aromatic carbocycles. The minimum Gasteiger partial charge on any atom is -0.346 e. The molecule has 0 saturated heterocycles. The highest BCUT2D eigenvalue weighted by Gasteiger charge is 2.36. The van der Waals surface area contributed by atoms with E-state index in [4.69, 9.17) is 11.9 Å². The van der Waals surface area contributed by atoms with Crippen LogP contribution in [0.5, 0.6) is 0 Å². The average Bonchev–Trinajstić information content (AvgIpc) is 2.55. The Bertz CT molecular complexity index is 450. The first-order valence-electron chi connectivity index (χ1n) is 4.42. The van der Waals surface area contributed by atoms with Crippen molar-refractivity contribution in [3.8, 4) is 0 Å². The number of halogens is 1. The van der Waals surface area contributed by atoms with Crippen LogP contribution in [0.25, 0.3) is 0 Å². The van der Waals surface area contributed by atoms with E-state index in [1.807, 2.05) is 0 Å². The second kappa shape index (κ2) is 3.94. The highest BCUT2D eigenvalue weighted by molar-refractivity contribution is 6.22. The van der Waals surface area contributed by atoms with E-state index < -0.39 is 24.3 Å². The summed E-state index contributed by atoms with van der Waals surface area (Å²) < 4.78 is 3.89. The van der Waals surface area contributed by atoms with Crippen molar-refractivity contribution in [3.05, 3.63) is 35.4 Å². The van der Waals surface area contributed by atoms with Gasteiger partial charge in [0.2, 0.25) is 0 Å². The highest BCUT2D eigenvalue weighted by atomic mass is 35.5. The third-order valence-corrected chi connectivity index (χ3v) is 2.42. The molecule has 5 nitrogen and oxygen atoms in total. The Morgan fingerprint density at radius 3 is 2.12 bits per heavy atom. The van der Waals surface area contributed by atoms with Crippen molar-refractivity contribution in [2.24, 2.45) is 0 Å². The zero-order chi connectivity index (χ0) is 11.7. The molecular formula is C10H6ClNO4. The molecule has 16 heavy (non-hydrogen) atoms. The molecule has 6 heteroatoms. The predicted molar refractivity (Wildman–Crippen MR) is 53.8 cm³/mol. The number of amides is 2. The molecule has 2 rings (SSSR count). The van der Waals surface area contributed by atoms with Gasteiger partial charge in [-0.05, 0) is 12.1 Å². The van der Waals surface area contributed by atoms with Crippen molar-refractivity contribution < 1.29 is 18.7 Å². The number of hydrogen-bond acceptors (Lipinski definition) is 4. The lowest BCUT2D eigenvalue weighted by Crippen LogP contribution is -2.34. The Balaban J connectivity index is 2.32. The van der Waals surface area contributed by atoms with Crippen LogP contribution in [0.2, 0.25) is 0 Å². The van der Waals surface area contributed by atoms with Gasteiger partial charge in [0.1, 0.15) is 18.4 Å². The fourth-order valence-corrected chi connectivity index (χ4v) is 1.59. The Hall–Kier alpha value is -1.88. The molecule has 0 aliphatic carbocycles. The van der Waals surface area contributed by atoms with Gasteiger partial charge in [-0.1, -0.05) is 12.1 Å². The number of benzene rings is 1. The van der Waals surface area contributed by atoms with Crippen LogP contribution in [0.4, 0.5) is 0 Å². The molecule has 0 unspecified atom stereocenters. The summed E-state index contributed by atoms with van der Waals surface area (Å²) in [6.45, 7) is -0.476. The minimum atomic E-state index is -0.851. The normalized spacial score (nSPS) is 13.9. The summed E-state index contributed by atoms with van der Waals surface area (Å²) in [5.74, 6) is -1.87. The SMILES string of the molecule is O=C(CN1C(=O)c2ccccc2C1=O)OCl. The lowest BCUT2D eigenvalue weighted by atomic mass is 10.1. The molecule has 0 atom stereocenters. The maximum absolute atomic E-state index is 11.7. The fourth-order valence-electron chi connectivity index (χ4n) is 1.54. The number of carbonyl (C=O) groups is 3. The molecule has 0 fully saturated rings. The largest absolute Gasteiger partial charge is 0.346 e. The summed E-state index contributed by atoms with van der Waals surface area (Å²) in [5, 5.41) is 0. The van der Waals surface area contributed by atoms with E-state index in [1.165, 1.54) is 12.1 Å². The van der Waals surface area contributed by atoms with Gasteiger partial charge in [0.05, 0.1) is 11.1 Å². The van der Waals surface area contributed by atoms with Gasteiger partial charge in [0.25, 0.3) is 11.8 Å². The lowest BCUT2D eigenvalue weighted by molar-refractivity contribution is -0.134. The van der Waals surface area contributed by atoms with E-state index >= 15 is 0 Å². The Labute approximate surface area is 95.7 Å². The van der Waals surface area contributed by atoms with Gasteiger partial charge in [-0.3, -0.25) is 14.5 Å². The predicted octanol–water partition coefficient (Wildman–Crippen LogP) is 0.980. The van der Waals surface area contributed by atoms with Crippen LogP contribution >= 0.6 is 11.9 Å². The molecule has 0 radical (unpaired) electrons. The Morgan fingerprint density at radius 1 is 1.19 bits per heavy atom. The van der Waals surface area contributed by atoms with Crippen LogP contribution in [-0.4, -0.2) is 29.2 Å². The van der Waals surface area contributed by atoms with Gasteiger partial charge in [-0.15, -0.1) is 0 Å². The van der Waals surface area contributed by atoms with Crippen molar-refractivity contribution in [2.45, 2.75) is 0 Å². The minimum absolute atomic E-state index is 0.287. The van der Waals surface area contributed by atoms with E-state index in [1.54, 1.807) is 12.1 Å². The van der Waals surface area contributed by atoms with Crippen LogP contribution in [0.15, 0.2) is 24.3 Å². The highest BCUT2D eigenvalue weighted by Crippen LogP contribution is 2.21. The summed E-state index contributed by atoms with van der Waals surface area (Å²) in [6, 6.07) is 6.35. The van der Waals surface area contributed by atoms with Crippen LogP contribution in [0.3, 0.4) is 0 Å². The number of rotatable bonds is 2. The number of hydrogen-bond donors (Lipinski definition) is 0. The van der Waals surface area contributed by atoms with Gasteiger partial charge in [-0.2, -0.15) is 0 Å². The zero-order valence-corrected chi connectivity index (χ0v) is 8.73. The van der Waals surface area contributed by atoms with Crippen LogP contribution < -0.4 is 0 Å². The van der Waals surface area contributed by atoms with E-state index in [0.29, 0.717) is 0 Å². The van der Waals surface area contributed by atoms with Gasteiger partial charge >= 0.3 is 5.97 Å². The van der Waals surface area contributed by atoms with E-state index in [9.17, 15) is 14.4 Å². The Morgan fingerprint density at radius 2 is 1.69 bits per heavy atom. The van der Waals surface area contributed by atoms with Crippen LogP contribution in [0.1, 0.15) is 20.7 Å². The maximum Gasteiger partial charge on any atom is 0.344 e. The van der Waals surface area contributed by atoms with Gasteiger partial charge < -0.3 is 4.29 Å². The van der Waals surface area contributed by atoms with Crippen LogP contribution in [-0.2, 0) is 9.08 Å². The first-order valence-corrected chi connectivity index (χ1v) is 4.72. The molecular weight excluding hydrogens is 234 g/mol. The van der Waals surface area contributed by atoms with Gasteiger partial charge in [0.15, 0.2) is 0 Å². The van der Waals surface area contributed by atoms with E-state index in [2.05, 4.69) is 4.29 Å². The third-order valence-electron chi connectivity index (χ3n) is 2.25. The molecule has 2 amide bonds. The second-order valence-corrected chi connectivity index (χ2v) is 3.35. The van der Waals surface area contributed by atoms with Crippen molar-refractivity contribution in [1.29, 1.82) is 0 Å². The summed E-state index contributed by atoms with van der Waals surface area (Å²) in [6.07, 6.45) is 0. The molecule has 1 heterocycles. The topological polar surface area (TPSA) is 63.7 Å². The fraction of sp³-hybridized carbons (Fsp3) is 0.100. The van der Waals surface area contributed by atoms with Crippen molar-refractivity contribution in [3.63, 3.8) is 0 Å². The van der Waals surface area contributed by atoms with Crippen molar-refractivity contribution in [1.82, 2.24) is 4.90 Å². The molecule has 1 aromatic rings. The molecule has 82 valence electrons. The Kier molecular flexibility index (Phi) is 2.62. The molecule has 1 aliphatic heterocycles. The molecule has 0 spiro atoms. The van der Waals surface area contributed by atoms with Crippen molar-refractivity contribution in [2.75, 3.05) is 6.54 Å². The van der Waals surface area contributed by atoms with E-state index in [0.717, 1.165) is 4.90 Å². The number of carbonyl (C=O) groups excluding carboxylic acids is 3. The second-order valence-electron chi connectivity index (χ2n) is 3.19. The number of fused-ring (bicyclic) bond motifs is 1. The first-order chi connectivity index (χ1) is 7.65. The maximum atomic E-state index is 11.7. The number of nitrogens with zero attached hydrogens (tertiary/aromatic N) is 1. The lowest BCUT2D eigenvalue weighted by Gasteiger charge is -2.10. The van der Waals surface area contributed by atoms with E-state index in [-0.39, 0.29) is 11.1 Å². The average molecular weight is 240 g/mol. The first kappa shape index (κ1) is 10.6.